The molecule has 1 unspecified atom stereocenters. The van der Waals surface area contributed by atoms with Crippen molar-refractivity contribution in [3.05, 3.63) is 72.9 Å². The lowest BCUT2D eigenvalue weighted by atomic mass is 10.0. The number of carbonyl (C=O) groups excluding carboxylic acids is 3. The van der Waals surface area contributed by atoms with Crippen LogP contribution < -0.4 is 0 Å². The smallest absolute Gasteiger partial charge is 0.306 e. The molecule has 0 fully saturated rings. The van der Waals surface area contributed by atoms with E-state index in [1.54, 1.807) is 0 Å². The predicted molar refractivity (Wildman–Crippen MR) is 339 cm³/mol. The summed E-state index contributed by atoms with van der Waals surface area (Å²) in [7, 11) is 0. The van der Waals surface area contributed by atoms with Gasteiger partial charge in [0, 0.05) is 19.3 Å². The maximum absolute atomic E-state index is 12.9. The largest absolute Gasteiger partial charge is 0.462 e. The van der Waals surface area contributed by atoms with Gasteiger partial charge in [-0.1, -0.05) is 318 Å². The highest BCUT2D eigenvalue weighted by molar-refractivity contribution is 5.71. The van der Waals surface area contributed by atoms with Crippen LogP contribution in [0.1, 0.15) is 348 Å². The van der Waals surface area contributed by atoms with E-state index < -0.39 is 6.10 Å². The number of unbranched alkanes of at least 4 members (excludes halogenated alkanes) is 39. The number of ether oxygens (including phenoxy) is 3. The van der Waals surface area contributed by atoms with Crippen LogP contribution in [0.15, 0.2) is 72.9 Å². The summed E-state index contributed by atoms with van der Waals surface area (Å²) in [4.78, 5) is 38.3. The summed E-state index contributed by atoms with van der Waals surface area (Å²) in [6, 6.07) is 0. The van der Waals surface area contributed by atoms with E-state index in [4.69, 9.17) is 14.2 Å². The summed E-state index contributed by atoms with van der Waals surface area (Å²) >= 11 is 0. The molecule has 1 atom stereocenters. The molecule has 0 radical (unpaired) electrons. The summed E-state index contributed by atoms with van der Waals surface area (Å²) < 4.78 is 16.9. The van der Waals surface area contributed by atoms with Crippen molar-refractivity contribution in [2.75, 3.05) is 13.2 Å². The molecule has 6 nitrogen and oxygen atoms in total. The molecule has 0 N–H and O–H groups in total. The normalized spacial score (nSPS) is 12.5. The van der Waals surface area contributed by atoms with Crippen LogP contribution in [-0.4, -0.2) is 37.2 Å². The summed E-state index contributed by atoms with van der Waals surface area (Å²) in [6.45, 7) is 6.49. The Kier molecular flexibility index (Phi) is 63.7. The maximum Gasteiger partial charge on any atom is 0.306 e. The highest BCUT2D eigenvalue weighted by Crippen LogP contribution is 2.18. The fourth-order valence-electron chi connectivity index (χ4n) is 9.89. The van der Waals surface area contributed by atoms with Crippen LogP contribution in [0.4, 0.5) is 0 Å². The fourth-order valence-corrected chi connectivity index (χ4v) is 9.89. The fraction of sp³-hybridized carbons (Fsp3) is 0.792. The molecule has 0 aromatic heterocycles. The average Bonchev–Trinajstić information content (AvgIpc) is 3.44. The minimum Gasteiger partial charge on any atom is -0.462 e. The van der Waals surface area contributed by atoms with Crippen LogP contribution in [0.5, 0.6) is 0 Å². The van der Waals surface area contributed by atoms with Crippen LogP contribution >= 0.6 is 0 Å². The van der Waals surface area contributed by atoms with Crippen LogP contribution in [0.2, 0.25) is 0 Å². The van der Waals surface area contributed by atoms with Crippen molar-refractivity contribution in [2.24, 2.45) is 0 Å². The molecule has 0 spiro atoms. The third-order valence-electron chi connectivity index (χ3n) is 14.9. The van der Waals surface area contributed by atoms with Crippen molar-refractivity contribution in [2.45, 2.75) is 354 Å². The van der Waals surface area contributed by atoms with Gasteiger partial charge in [-0.3, -0.25) is 14.4 Å². The molecule has 0 aromatic rings. The molecule has 452 valence electrons. The third kappa shape index (κ3) is 63.7. The molecule has 0 rings (SSSR count). The molecule has 78 heavy (non-hydrogen) atoms. The highest BCUT2D eigenvalue weighted by Gasteiger charge is 2.19. The second-order valence-electron chi connectivity index (χ2n) is 22.7. The molecule has 6 heteroatoms. The summed E-state index contributed by atoms with van der Waals surface area (Å²) in [5.41, 5.74) is 0. The van der Waals surface area contributed by atoms with Gasteiger partial charge in [0.2, 0.25) is 0 Å². The van der Waals surface area contributed by atoms with Crippen molar-refractivity contribution in [3.8, 4) is 0 Å². The van der Waals surface area contributed by atoms with Gasteiger partial charge in [0.25, 0.3) is 0 Å². The van der Waals surface area contributed by atoms with Gasteiger partial charge in [0.1, 0.15) is 13.2 Å². The van der Waals surface area contributed by atoms with Gasteiger partial charge in [0.05, 0.1) is 0 Å². The van der Waals surface area contributed by atoms with E-state index in [1.807, 2.05) is 0 Å². The Morgan fingerprint density at radius 2 is 0.526 bits per heavy atom. The zero-order valence-electron chi connectivity index (χ0n) is 51.9. The number of hydrogen-bond donors (Lipinski definition) is 0. The minimum absolute atomic E-state index is 0.0834. The lowest BCUT2D eigenvalue weighted by Gasteiger charge is -2.18. The van der Waals surface area contributed by atoms with Gasteiger partial charge >= 0.3 is 17.9 Å². The molecule has 0 heterocycles. The Hall–Kier alpha value is -3.15. The number of allylic oxidation sites excluding steroid dienone is 12. The first kappa shape index (κ1) is 74.8. The van der Waals surface area contributed by atoms with E-state index >= 15 is 0 Å². The zero-order chi connectivity index (χ0) is 56.4. The van der Waals surface area contributed by atoms with Crippen molar-refractivity contribution in [3.63, 3.8) is 0 Å². The molecule has 0 bridgehead atoms. The first-order valence-electron chi connectivity index (χ1n) is 33.9. The topological polar surface area (TPSA) is 78.9 Å². The van der Waals surface area contributed by atoms with Crippen LogP contribution in [0.3, 0.4) is 0 Å². The first-order valence-corrected chi connectivity index (χ1v) is 33.9. The Morgan fingerprint density at radius 3 is 0.846 bits per heavy atom. The molecule has 0 aliphatic carbocycles. The summed E-state index contributed by atoms with van der Waals surface area (Å²) in [5, 5.41) is 0. The van der Waals surface area contributed by atoms with E-state index in [1.165, 1.54) is 186 Å². The summed E-state index contributed by atoms with van der Waals surface area (Å²) in [5.74, 6) is -0.898. The van der Waals surface area contributed by atoms with Gasteiger partial charge in [-0.05, 0) is 83.5 Å². The molecule has 0 saturated carbocycles. The molecule has 0 aromatic carbocycles. The Labute approximate surface area is 484 Å². The number of esters is 3. The zero-order valence-corrected chi connectivity index (χ0v) is 51.9. The molecular weight excluding hydrogens is 961 g/mol. The van der Waals surface area contributed by atoms with Crippen molar-refractivity contribution in [1.82, 2.24) is 0 Å². The molecule has 0 saturated heterocycles. The monoisotopic (exact) mass is 1090 g/mol. The van der Waals surface area contributed by atoms with Crippen LogP contribution in [-0.2, 0) is 28.6 Å². The number of hydrogen-bond acceptors (Lipinski definition) is 6. The summed E-state index contributed by atoms with van der Waals surface area (Å²) in [6.07, 6.45) is 86.6. The van der Waals surface area contributed by atoms with E-state index in [9.17, 15) is 14.4 Å². The predicted octanol–water partition coefficient (Wildman–Crippen LogP) is 23.3. The maximum atomic E-state index is 12.9. The van der Waals surface area contributed by atoms with Crippen LogP contribution in [0.25, 0.3) is 0 Å². The van der Waals surface area contributed by atoms with E-state index in [0.717, 1.165) is 122 Å². The quantitative estimate of drug-likeness (QED) is 0.0261. The SMILES string of the molecule is CC/C=C\C/C=C\C/C=C\C/C=C\C/C=C\CCCCCCCC(=O)OC(COC(=O)CCCCCCC/C=C\CCC)COC(=O)CCCCCCCCCCCCCCCCCCCCCCCCCCCCCCC. The van der Waals surface area contributed by atoms with Crippen molar-refractivity contribution >= 4 is 17.9 Å². The molecular formula is C72H128O6. The van der Waals surface area contributed by atoms with E-state index in [2.05, 4.69) is 93.7 Å². The van der Waals surface area contributed by atoms with Crippen LogP contribution in [0, 0.1) is 0 Å². The molecule has 0 aliphatic rings. The van der Waals surface area contributed by atoms with Crippen molar-refractivity contribution < 1.29 is 28.6 Å². The Bertz CT molecular complexity index is 1440. The minimum atomic E-state index is -0.789. The number of carbonyl (C=O) groups is 3. The number of rotatable bonds is 62. The van der Waals surface area contributed by atoms with E-state index in [0.29, 0.717) is 19.3 Å². The second kappa shape index (κ2) is 66.4. The lowest BCUT2D eigenvalue weighted by Crippen LogP contribution is -2.30. The Morgan fingerprint density at radius 1 is 0.269 bits per heavy atom. The van der Waals surface area contributed by atoms with Gasteiger partial charge < -0.3 is 14.2 Å². The van der Waals surface area contributed by atoms with E-state index in [-0.39, 0.29) is 31.1 Å². The van der Waals surface area contributed by atoms with Gasteiger partial charge in [-0.25, -0.2) is 0 Å². The molecule has 0 amide bonds. The van der Waals surface area contributed by atoms with Gasteiger partial charge in [0.15, 0.2) is 6.10 Å². The average molecular weight is 1090 g/mol. The first-order chi connectivity index (χ1) is 38.5. The van der Waals surface area contributed by atoms with Crippen molar-refractivity contribution in [1.29, 1.82) is 0 Å². The third-order valence-corrected chi connectivity index (χ3v) is 14.9. The molecule has 0 aliphatic heterocycles. The van der Waals surface area contributed by atoms with Gasteiger partial charge in [-0.15, -0.1) is 0 Å². The Balaban J connectivity index is 4.17. The standard InChI is InChI=1S/C72H128O6/c1-4-7-10-13-16-19-22-24-26-28-30-32-33-34-35-36-37-38-39-41-42-44-46-48-50-53-56-59-62-65-71(74)77-68-69(67-76-70(73)64-61-58-55-52-21-18-15-12-9-6-3)78-72(75)66-63-60-57-54-51-49-47-45-43-40-31-29-27-25-23-20-17-14-11-8-5-2/h8,11-12,15,17,20,25,27,31,40,45,47,69H,4-7,9-10,13-14,16,18-19,21-24,26,28-30,32-39,41-44,46,48-68H2,1-3H3/b11-8-,15-12-,20-17-,27-25-,40-31-,47-45-. The lowest BCUT2D eigenvalue weighted by molar-refractivity contribution is -0.167. The second-order valence-corrected chi connectivity index (χ2v) is 22.7. The highest BCUT2D eigenvalue weighted by atomic mass is 16.6. The van der Waals surface area contributed by atoms with Gasteiger partial charge in [-0.2, -0.15) is 0 Å².